The second-order valence-electron chi connectivity index (χ2n) is 4.47. The first kappa shape index (κ1) is 15.8. The van der Waals surface area contributed by atoms with E-state index in [1.54, 1.807) is 30.1 Å². The molecule has 0 spiro atoms. The van der Waals surface area contributed by atoms with Crippen LogP contribution in [0.5, 0.6) is 0 Å². The van der Waals surface area contributed by atoms with Crippen LogP contribution in [0.2, 0.25) is 5.02 Å². The first-order valence-electron chi connectivity index (χ1n) is 6.44. The molecule has 0 saturated carbocycles. The Balaban J connectivity index is 2.28. The summed E-state index contributed by atoms with van der Waals surface area (Å²) in [6, 6.07) is 4.62. The average Bonchev–Trinajstić information content (AvgIpc) is 2.88. The van der Waals surface area contributed by atoms with E-state index in [-0.39, 0.29) is 4.90 Å². The van der Waals surface area contributed by atoms with E-state index in [4.69, 9.17) is 11.6 Å². The molecule has 2 N–H and O–H groups in total. The Morgan fingerprint density at radius 3 is 2.76 bits per heavy atom. The van der Waals surface area contributed by atoms with Crippen LogP contribution in [0.4, 0.5) is 5.69 Å². The monoisotopic (exact) mass is 328 g/mol. The van der Waals surface area contributed by atoms with E-state index < -0.39 is 10.0 Å². The normalized spacial score (nSPS) is 11.6. The summed E-state index contributed by atoms with van der Waals surface area (Å²) in [5.74, 6) is 0. The molecule has 2 aromatic rings. The van der Waals surface area contributed by atoms with E-state index in [0.717, 1.165) is 5.56 Å². The molecule has 0 fully saturated rings. The van der Waals surface area contributed by atoms with Gasteiger partial charge in [0, 0.05) is 24.3 Å². The molecular formula is C13H17ClN4O2S. The standard InChI is InChI=1S/C13H17ClN4O2S/c1-3-18-9-11(8-16-18)17-21(19,20)12-4-5-13(14)10(6-12)7-15-2/h4-6,8-9,15,17H,3,7H2,1-2H3. The van der Waals surface area contributed by atoms with Gasteiger partial charge in [0.15, 0.2) is 0 Å². The summed E-state index contributed by atoms with van der Waals surface area (Å²) in [7, 11) is -1.88. The maximum atomic E-state index is 12.4. The molecule has 1 heterocycles. The molecule has 21 heavy (non-hydrogen) atoms. The summed E-state index contributed by atoms with van der Waals surface area (Å²) >= 11 is 6.04. The van der Waals surface area contributed by atoms with Gasteiger partial charge in [-0.2, -0.15) is 5.10 Å². The predicted molar refractivity (Wildman–Crippen MR) is 82.9 cm³/mol. The highest BCUT2D eigenvalue weighted by molar-refractivity contribution is 7.92. The second-order valence-corrected chi connectivity index (χ2v) is 6.56. The highest BCUT2D eigenvalue weighted by atomic mass is 35.5. The average molecular weight is 329 g/mol. The zero-order valence-electron chi connectivity index (χ0n) is 11.8. The minimum absolute atomic E-state index is 0.168. The van der Waals surface area contributed by atoms with Gasteiger partial charge in [-0.25, -0.2) is 8.42 Å². The molecule has 6 nitrogen and oxygen atoms in total. The summed E-state index contributed by atoms with van der Waals surface area (Å²) < 4.78 is 28.9. The Bertz CT molecular complexity index is 728. The summed E-state index contributed by atoms with van der Waals surface area (Å²) in [5, 5.41) is 7.51. The number of nitrogens with zero attached hydrogens (tertiary/aromatic N) is 2. The summed E-state index contributed by atoms with van der Waals surface area (Å²) in [6.45, 7) is 3.10. The fourth-order valence-corrected chi connectivity index (χ4v) is 3.11. The topological polar surface area (TPSA) is 76.0 Å². The summed E-state index contributed by atoms with van der Waals surface area (Å²) in [4.78, 5) is 0.168. The molecule has 8 heteroatoms. The molecule has 0 amide bonds. The van der Waals surface area contributed by atoms with Crippen LogP contribution in [0, 0.1) is 0 Å². The molecule has 1 aromatic carbocycles. The molecule has 0 radical (unpaired) electrons. The van der Waals surface area contributed by atoms with Gasteiger partial charge in [-0.15, -0.1) is 0 Å². The third-order valence-electron chi connectivity index (χ3n) is 2.90. The summed E-state index contributed by atoms with van der Waals surface area (Å²) in [5.41, 5.74) is 1.16. The van der Waals surface area contributed by atoms with Gasteiger partial charge in [0.05, 0.1) is 16.8 Å². The number of rotatable bonds is 6. The molecule has 0 saturated heterocycles. The highest BCUT2D eigenvalue weighted by Crippen LogP contribution is 2.22. The number of halogens is 1. The zero-order valence-corrected chi connectivity index (χ0v) is 13.4. The molecule has 0 unspecified atom stereocenters. The minimum atomic E-state index is -3.66. The third kappa shape index (κ3) is 3.75. The summed E-state index contributed by atoms with van der Waals surface area (Å²) in [6.07, 6.45) is 3.12. The van der Waals surface area contributed by atoms with Gasteiger partial charge in [0.25, 0.3) is 10.0 Å². The van der Waals surface area contributed by atoms with Crippen LogP contribution in [0.3, 0.4) is 0 Å². The molecule has 1 aromatic heterocycles. The van der Waals surface area contributed by atoms with E-state index in [2.05, 4.69) is 15.1 Å². The van der Waals surface area contributed by atoms with Gasteiger partial charge in [-0.05, 0) is 37.7 Å². The molecule has 0 aliphatic carbocycles. The zero-order chi connectivity index (χ0) is 15.5. The molecular weight excluding hydrogens is 312 g/mol. The molecule has 0 aliphatic heterocycles. The van der Waals surface area contributed by atoms with Crippen molar-refractivity contribution in [3.05, 3.63) is 41.2 Å². The minimum Gasteiger partial charge on any atom is -0.316 e. The Morgan fingerprint density at radius 1 is 1.38 bits per heavy atom. The number of hydrogen-bond donors (Lipinski definition) is 2. The van der Waals surface area contributed by atoms with Crippen molar-refractivity contribution >= 4 is 27.3 Å². The van der Waals surface area contributed by atoms with Crippen molar-refractivity contribution in [1.82, 2.24) is 15.1 Å². The Morgan fingerprint density at radius 2 is 2.14 bits per heavy atom. The van der Waals surface area contributed by atoms with Crippen LogP contribution >= 0.6 is 11.6 Å². The number of anilines is 1. The molecule has 0 atom stereocenters. The largest absolute Gasteiger partial charge is 0.316 e. The lowest BCUT2D eigenvalue weighted by Crippen LogP contribution is -2.14. The van der Waals surface area contributed by atoms with Gasteiger partial charge in [0.2, 0.25) is 0 Å². The van der Waals surface area contributed by atoms with E-state index >= 15 is 0 Å². The van der Waals surface area contributed by atoms with E-state index in [9.17, 15) is 8.42 Å². The number of nitrogens with one attached hydrogen (secondary N) is 2. The van der Waals surface area contributed by atoms with Crippen LogP contribution in [0.1, 0.15) is 12.5 Å². The number of sulfonamides is 1. The Labute approximate surface area is 129 Å². The van der Waals surface area contributed by atoms with Crippen LogP contribution < -0.4 is 10.0 Å². The van der Waals surface area contributed by atoms with Crippen molar-refractivity contribution in [2.24, 2.45) is 0 Å². The van der Waals surface area contributed by atoms with Crippen molar-refractivity contribution in [2.75, 3.05) is 11.8 Å². The van der Waals surface area contributed by atoms with Crippen molar-refractivity contribution in [1.29, 1.82) is 0 Å². The number of aromatic nitrogens is 2. The van der Waals surface area contributed by atoms with Crippen molar-refractivity contribution < 1.29 is 8.42 Å². The Hall–Kier alpha value is -1.57. The molecule has 2 rings (SSSR count). The lowest BCUT2D eigenvalue weighted by atomic mass is 10.2. The Kier molecular flexibility index (Phi) is 4.87. The lowest BCUT2D eigenvalue weighted by molar-refractivity contribution is 0.601. The third-order valence-corrected chi connectivity index (χ3v) is 4.65. The number of aryl methyl sites for hydroxylation is 1. The highest BCUT2D eigenvalue weighted by Gasteiger charge is 2.16. The predicted octanol–water partition coefficient (Wildman–Crippen LogP) is 2.08. The smallest absolute Gasteiger partial charge is 0.262 e. The van der Waals surface area contributed by atoms with Crippen molar-refractivity contribution in [3.63, 3.8) is 0 Å². The number of benzene rings is 1. The maximum absolute atomic E-state index is 12.4. The van der Waals surface area contributed by atoms with E-state index in [1.807, 2.05) is 6.92 Å². The van der Waals surface area contributed by atoms with Gasteiger partial charge in [0.1, 0.15) is 0 Å². The fourth-order valence-electron chi connectivity index (χ4n) is 1.85. The van der Waals surface area contributed by atoms with Crippen LogP contribution in [0.15, 0.2) is 35.5 Å². The van der Waals surface area contributed by atoms with Crippen molar-refractivity contribution in [3.8, 4) is 0 Å². The quantitative estimate of drug-likeness (QED) is 0.851. The molecule has 114 valence electrons. The van der Waals surface area contributed by atoms with Crippen LogP contribution in [-0.4, -0.2) is 25.2 Å². The number of hydrogen-bond acceptors (Lipinski definition) is 4. The molecule has 0 bridgehead atoms. The van der Waals surface area contributed by atoms with Crippen LogP contribution in [-0.2, 0) is 23.1 Å². The van der Waals surface area contributed by atoms with Gasteiger partial charge < -0.3 is 5.32 Å². The first-order chi connectivity index (χ1) is 9.96. The SMILES string of the molecule is CCn1cc(NS(=O)(=O)c2ccc(Cl)c(CNC)c2)cn1. The van der Waals surface area contributed by atoms with E-state index in [0.29, 0.717) is 23.8 Å². The maximum Gasteiger partial charge on any atom is 0.262 e. The second kappa shape index (κ2) is 6.46. The van der Waals surface area contributed by atoms with Crippen molar-refractivity contribution in [2.45, 2.75) is 24.9 Å². The van der Waals surface area contributed by atoms with Crippen LogP contribution in [0.25, 0.3) is 0 Å². The van der Waals surface area contributed by atoms with Gasteiger partial charge in [-0.1, -0.05) is 11.6 Å². The molecule has 0 aliphatic rings. The van der Waals surface area contributed by atoms with Gasteiger partial charge >= 0.3 is 0 Å². The lowest BCUT2D eigenvalue weighted by Gasteiger charge is -2.09. The van der Waals surface area contributed by atoms with Gasteiger partial charge in [-0.3, -0.25) is 9.40 Å². The first-order valence-corrected chi connectivity index (χ1v) is 8.30. The fraction of sp³-hybridized carbons (Fsp3) is 0.308. The van der Waals surface area contributed by atoms with E-state index in [1.165, 1.54) is 12.3 Å².